The number of nitrogens with zero attached hydrogens (tertiary/aromatic N) is 5. The van der Waals surface area contributed by atoms with E-state index in [1.807, 2.05) is 24.4 Å². The van der Waals surface area contributed by atoms with E-state index in [1.165, 1.54) is 0 Å². The first kappa shape index (κ1) is 21.1. The molecule has 1 atom stereocenters. The standard InChI is InChI=1S/C25H27N7O/c1-16(2)31-14-5-6-19(31)24-30-21(22-23(26)28-13-15-32(22)24)17-8-10-18(11-9-17)25(33)29-20-7-3-4-12-27-20/h3-4,7-13,15-16,19H,5-6,14H2,1-2H3,(H2,26,28)(H,27,29,33). The van der Waals surface area contributed by atoms with Crippen molar-refractivity contribution in [3.05, 3.63) is 72.4 Å². The Balaban J connectivity index is 1.50. The number of anilines is 2. The van der Waals surface area contributed by atoms with Gasteiger partial charge in [-0.2, -0.15) is 0 Å². The Hall–Kier alpha value is -3.78. The fraction of sp³-hybridized carbons (Fsp3) is 0.280. The maximum Gasteiger partial charge on any atom is 0.256 e. The molecule has 1 aliphatic heterocycles. The zero-order chi connectivity index (χ0) is 22.9. The average Bonchev–Trinajstić information content (AvgIpc) is 3.45. The zero-order valence-electron chi connectivity index (χ0n) is 18.8. The first-order chi connectivity index (χ1) is 16.0. The van der Waals surface area contributed by atoms with Crippen molar-refractivity contribution in [2.24, 2.45) is 0 Å². The first-order valence-electron chi connectivity index (χ1n) is 11.2. The van der Waals surface area contributed by atoms with Gasteiger partial charge < -0.3 is 11.1 Å². The summed E-state index contributed by atoms with van der Waals surface area (Å²) in [7, 11) is 0. The van der Waals surface area contributed by atoms with Gasteiger partial charge in [-0.05, 0) is 57.5 Å². The minimum atomic E-state index is -0.213. The molecule has 3 N–H and O–H groups in total. The summed E-state index contributed by atoms with van der Waals surface area (Å²) in [6.07, 6.45) is 7.50. The molecule has 33 heavy (non-hydrogen) atoms. The number of carbonyl (C=O) groups is 1. The van der Waals surface area contributed by atoms with E-state index >= 15 is 0 Å². The minimum absolute atomic E-state index is 0.213. The van der Waals surface area contributed by atoms with Gasteiger partial charge in [-0.25, -0.2) is 15.0 Å². The van der Waals surface area contributed by atoms with Crippen molar-refractivity contribution in [2.75, 3.05) is 17.6 Å². The number of hydrogen-bond donors (Lipinski definition) is 2. The van der Waals surface area contributed by atoms with Crippen LogP contribution in [0.5, 0.6) is 0 Å². The molecule has 4 heterocycles. The van der Waals surface area contributed by atoms with Crippen LogP contribution in [-0.2, 0) is 0 Å². The first-order valence-corrected chi connectivity index (χ1v) is 11.2. The highest BCUT2D eigenvalue weighted by molar-refractivity contribution is 6.04. The van der Waals surface area contributed by atoms with E-state index in [9.17, 15) is 4.79 Å². The Bertz CT molecular complexity index is 1280. The molecule has 0 radical (unpaired) electrons. The molecule has 0 aliphatic carbocycles. The summed E-state index contributed by atoms with van der Waals surface area (Å²) in [5.74, 6) is 1.73. The maximum atomic E-state index is 12.6. The molecule has 1 saturated heterocycles. The number of nitrogens with one attached hydrogen (secondary N) is 1. The number of pyridine rings is 1. The van der Waals surface area contributed by atoms with Crippen LogP contribution in [0.1, 0.15) is 48.9 Å². The fourth-order valence-electron chi connectivity index (χ4n) is 4.61. The lowest BCUT2D eigenvalue weighted by molar-refractivity contribution is 0.102. The molecular formula is C25H27N7O. The molecular weight excluding hydrogens is 414 g/mol. The lowest BCUT2D eigenvalue weighted by Gasteiger charge is -2.27. The molecule has 8 heteroatoms. The minimum Gasteiger partial charge on any atom is -0.382 e. The summed E-state index contributed by atoms with van der Waals surface area (Å²) in [5.41, 5.74) is 9.32. The van der Waals surface area contributed by atoms with Crippen LogP contribution in [-0.4, -0.2) is 42.7 Å². The second-order valence-electron chi connectivity index (χ2n) is 8.59. The zero-order valence-corrected chi connectivity index (χ0v) is 18.8. The van der Waals surface area contributed by atoms with E-state index < -0.39 is 0 Å². The lowest BCUT2D eigenvalue weighted by Crippen LogP contribution is -2.31. The molecule has 1 unspecified atom stereocenters. The van der Waals surface area contributed by atoms with Crippen molar-refractivity contribution in [2.45, 2.75) is 38.8 Å². The highest BCUT2D eigenvalue weighted by Crippen LogP contribution is 2.37. The normalized spacial score (nSPS) is 16.5. The second kappa shape index (κ2) is 8.63. The van der Waals surface area contributed by atoms with Crippen molar-refractivity contribution in [1.82, 2.24) is 24.3 Å². The number of hydrogen-bond acceptors (Lipinski definition) is 6. The van der Waals surface area contributed by atoms with Gasteiger partial charge in [0.1, 0.15) is 28.7 Å². The van der Waals surface area contributed by atoms with E-state index in [4.69, 9.17) is 10.7 Å². The van der Waals surface area contributed by atoms with Crippen molar-refractivity contribution in [1.29, 1.82) is 0 Å². The van der Waals surface area contributed by atoms with Gasteiger partial charge in [0.15, 0.2) is 0 Å². The van der Waals surface area contributed by atoms with Gasteiger partial charge in [-0.15, -0.1) is 0 Å². The number of carbonyl (C=O) groups excluding carboxylic acids is 1. The van der Waals surface area contributed by atoms with Crippen LogP contribution in [0.15, 0.2) is 61.1 Å². The summed E-state index contributed by atoms with van der Waals surface area (Å²) in [6.45, 7) is 5.51. The predicted molar refractivity (Wildman–Crippen MR) is 129 cm³/mol. The smallest absolute Gasteiger partial charge is 0.256 e. The van der Waals surface area contributed by atoms with Gasteiger partial charge in [0.05, 0.1) is 6.04 Å². The van der Waals surface area contributed by atoms with Crippen LogP contribution < -0.4 is 11.1 Å². The summed E-state index contributed by atoms with van der Waals surface area (Å²) in [6, 6.07) is 13.4. The predicted octanol–water partition coefficient (Wildman–Crippen LogP) is 4.17. The topological polar surface area (TPSA) is 101 Å². The number of likely N-dealkylation sites (tertiary alicyclic amines) is 1. The molecule has 1 fully saturated rings. The Morgan fingerprint density at radius 3 is 2.67 bits per heavy atom. The number of rotatable bonds is 5. The van der Waals surface area contributed by atoms with Gasteiger partial charge in [0.2, 0.25) is 0 Å². The third-order valence-electron chi connectivity index (χ3n) is 6.19. The monoisotopic (exact) mass is 441 g/mol. The largest absolute Gasteiger partial charge is 0.382 e. The Kier molecular flexibility index (Phi) is 5.51. The van der Waals surface area contributed by atoms with Gasteiger partial charge in [0.25, 0.3) is 5.91 Å². The van der Waals surface area contributed by atoms with E-state index in [1.54, 1.807) is 36.7 Å². The Morgan fingerprint density at radius 2 is 1.94 bits per heavy atom. The molecule has 1 aliphatic rings. The van der Waals surface area contributed by atoms with Crippen LogP contribution in [0, 0.1) is 0 Å². The average molecular weight is 442 g/mol. The van der Waals surface area contributed by atoms with E-state index in [0.717, 1.165) is 42.0 Å². The van der Waals surface area contributed by atoms with Crippen LogP contribution in [0.4, 0.5) is 11.6 Å². The summed E-state index contributed by atoms with van der Waals surface area (Å²) < 4.78 is 2.07. The van der Waals surface area contributed by atoms with Gasteiger partial charge in [0, 0.05) is 35.8 Å². The van der Waals surface area contributed by atoms with Gasteiger partial charge in [-0.3, -0.25) is 14.1 Å². The molecule has 0 saturated carbocycles. The lowest BCUT2D eigenvalue weighted by atomic mass is 10.1. The third kappa shape index (κ3) is 3.93. The van der Waals surface area contributed by atoms with Crippen LogP contribution in [0.2, 0.25) is 0 Å². The molecule has 3 aromatic heterocycles. The number of imidazole rings is 1. The Labute approximate surface area is 192 Å². The van der Waals surface area contributed by atoms with Crippen LogP contribution in [0.25, 0.3) is 16.8 Å². The van der Waals surface area contributed by atoms with Gasteiger partial charge in [-0.1, -0.05) is 18.2 Å². The van der Waals surface area contributed by atoms with Gasteiger partial charge >= 0.3 is 0 Å². The highest BCUT2D eigenvalue weighted by Gasteiger charge is 2.32. The molecule has 0 spiro atoms. The fourth-order valence-corrected chi connectivity index (χ4v) is 4.61. The summed E-state index contributed by atoms with van der Waals surface area (Å²) in [4.78, 5) is 28.6. The van der Waals surface area contributed by atoms with Crippen LogP contribution in [0.3, 0.4) is 0 Å². The van der Waals surface area contributed by atoms with Crippen molar-refractivity contribution >= 4 is 23.1 Å². The maximum absolute atomic E-state index is 12.6. The van der Waals surface area contributed by atoms with Crippen molar-refractivity contribution in [3.8, 4) is 11.3 Å². The molecule has 168 valence electrons. The molecule has 8 nitrogen and oxygen atoms in total. The number of aromatic nitrogens is 4. The van der Waals surface area contributed by atoms with E-state index in [0.29, 0.717) is 23.2 Å². The van der Waals surface area contributed by atoms with Crippen molar-refractivity contribution < 1.29 is 4.79 Å². The highest BCUT2D eigenvalue weighted by atomic mass is 16.1. The third-order valence-corrected chi connectivity index (χ3v) is 6.19. The SMILES string of the molecule is CC(C)N1CCCC1c1nc(-c2ccc(C(=O)Nc3ccccn3)cc2)c2c(N)nccn12. The molecule has 1 aromatic carbocycles. The molecule has 0 bridgehead atoms. The number of benzene rings is 1. The summed E-state index contributed by atoms with van der Waals surface area (Å²) in [5, 5.41) is 2.81. The number of fused-ring (bicyclic) bond motifs is 1. The van der Waals surface area contributed by atoms with Crippen molar-refractivity contribution in [3.63, 3.8) is 0 Å². The number of nitrogens with two attached hydrogens (primary N) is 1. The summed E-state index contributed by atoms with van der Waals surface area (Å²) >= 11 is 0. The van der Waals surface area contributed by atoms with Crippen LogP contribution >= 0.6 is 0 Å². The van der Waals surface area contributed by atoms with E-state index in [2.05, 4.69) is 38.4 Å². The molecule has 4 aromatic rings. The number of nitrogen functional groups attached to an aromatic ring is 1. The molecule has 5 rings (SSSR count). The quantitative estimate of drug-likeness (QED) is 0.482. The Morgan fingerprint density at radius 1 is 1.12 bits per heavy atom. The van der Waals surface area contributed by atoms with E-state index in [-0.39, 0.29) is 11.9 Å². The second-order valence-corrected chi connectivity index (χ2v) is 8.59. The molecule has 1 amide bonds. The number of amides is 1.